The van der Waals surface area contributed by atoms with E-state index < -0.39 is 5.23 Å². The van der Waals surface area contributed by atoms with Crippen molar-refractivity contribution in [1.82, 2.24) is 15.3 Å². The number of hydrogen-bond acceptors (Lipinski definition) is 7. The zero-order valence-electron chi connectivity index (χ0n) is 19.8. The Morgan fingerprint density at radius 2 is 1.82 bits per heavy atom. The van der Waals surface area contributed by atoms with Crippen LogP contribution in [0, 0.1) is 23.3 Å². The first-order valence-electron chi connectivity index (χ1n) is 11.6. The Morgan fingerprint density at radius 3 is 2.53 bits per heavy atom. The average Bonchev–Trinajstić information content (AvgIpc) is 2.83. The normalized spacial score (nSPS) is 18.2. The lowest BCUT2D eigenvalue weighted by Gasteiger charge is -2.29. The zero-order chi connectivity index (χ0) is 24.2. The molecule has 0 atom stereocenters. The number of para-hydroxylation sites is 1. The van der Waals surface area contributed by atoms with Gasteiger partial charge < -0.3 is 31.2 Å². The second-order valence-electron chi connectivity index (χ2n) is 9.17. The Kier molecular flexibility index (Phi) is 7.26. The maximum absolute atomic E-state index is 12.5. The van der Waals surface area contributed by atoms with Crippen molar-refractivity contribution >= 4 is 34.3 Å². The Morgan fingerprint density at radius 1 is 1.09 bits per heavy atom. The lowest BCUT2D eigenvalue weighted by molar-refractivity contribution is -0.715. The van der Waals surface area contributed by atoms with Crippen LogP contribution in [0.3, 0.4) is 0 Å². The lowest BCUT2D eigenvalue weighted by Crippen LogP contribution is -2.96. The van der Waals surface area contributed by atoms with Crippen molar-refractivity contribution in [3.63, 3.8) is 0 Å². The lowest BCUT2D eigenvalue weighted by atomic mass is 9.86. The molecule has 34 heavy (non-hydrogen) atoms. The number of nitrogens with one attached hydrogen (secondary N) is 3. The second-order valence-corrected chi connectivity index (χ2v) is 9.17. The van der Waals surface area contributed by atoms with Gasteiger partial charge in [0.1, 0.15) is 11.5 Å². The molecule has 0 bridgehead atoms. The molecule has 2 aromatic carbocycles. The molecule has 1 fully saturated rings. The van der Waals surface area contributed by atoms with E-state index in [1.54, 1.807) is 19.1 Å². The van der Waals surface area contributed by atoms with Gasteiger partial charge in [-0.05, 0) is 56.7 Å². The van der Waals surface area contributed by atoms with Gasteiger partial charge >= 0.3 is 0 Å². The summed E-state index contributed by atoms with van der Waals surface area (Å²) < 4.78 is 0. The predicted molar refractivity (Wildman–Crippen MR) is 134 cm³/mol. The molecule has 4 rings (SSSR count). The van der Waals surface area contributed by atoms with Crippen LogP contribution in [0.25, 0.3) is 10.9 Å². The molecule has 1 heterocycles. The molecule has 0 unspecified atom stereocenters. The van der Waals surface area contributed by atoms with Gasteiger partial charge in [-0.3, -0.25) is 4.79 Å². The third-order valence-corrected chi connectivity index (χ3v) is 6.46. The van der Waals surface area contributed by atoms with Crippen LogP contribution in [0.4, 0.5) is 17.5 Å². The Labute approximate surface area is 199 Å². The van der Waals surface area contributed by atoms with Crippen molar-refractivity contribution in [2.75, 3.05) is 30.9 Å². The molecule has 0 saturated heterocycles. The molecule has 9 nitrogen and oxygen atoms in total. The molecule has 1 saturated carbocycles. The smallest absolute Gasteiger partial charge is 0.251 e. The quantitative estimate of drug-likeness (QED) is 0.461. The van der Waals surface area contributed by atoms with E-state index in [1.165, 1.54) is 6.07 Å². The minimum Gasteiger partial charge on any atom is -0.628 e. The maximum atomic E-state index is 12.5. The third kappa shape index (κ3) is 5.44. The number of benzene rings is 2. The fourth-order valence-electron chi connectivity index (χ4n) is 4.48. The molecule has 1 aliphatic rings. The van der Waals surface area contributed by atoms with Crippen molar-refractivity contribution in [3.05, 3.63) is 64.0 Å². The number of hydrogen-bond donors (Lipinski definition) is 3. The number of aromatic nitrogens is 2. The van der Waals surface area contributed by atoms with Crippen LogP contribution in [-0.2, 0) is 0 Å². The van der Waals surface area contributed by atoms with Crippen molar-refractivity contribution in [1.29, 1.82) is 0 Å². The van der Waals surface area contributed by atoms with Gasteiger partial charge in [-0.25, -0.2) is 4.98 Å². The van der Waals surface area contributed by atoms with Crippen LogP contribution in [0.1, 0.15) is 41.6 Å². The summed E-state index contributed by atoms with van der Waals surface area (Å²) >= 11 is 0. The number of quaternary nitrogens is 1. The van der Waals surface area contributed by atoms with E-state index in [1.807, 2.05) is 43.3 Å². The van der Waals surface area contributed by atoms with Gasteiger partial charge in [0.05, 0.1) is 5.52 Å². The van der Waals surface area contributed by atoms with Crippen LogP contribution in [0.5, 0.6) is 0 Å². The molecule has 9 heteroatoms. The van der Waals surface area contributed by atoms with Gasteiger partial charge in [0.25, 0.3) is 5.91 Å². The van der Waals surface area contributed by atoms with Crippen LogP contribution in [0.2, 0.25) is 0 Å². The van der Waals surface area contributed by atoms with E-state index in [0.29, 0.717) is 29.5 Å². The number of rotatable bonds is 7. The molecule has 180 valence electrons. The number of amides is 1. The highest BCUT2D eigenvalue weighted by Gasteiger charge is 2.23. The summed E-state index contributed by atoms with van der Waals surface area (Å²) in [6.07, 6.45) is 3.88. The number of nitrogens with zero attached hydrogens (tertiary/aromatic N) is 3. The molecule has 3 N–H and O–H groups in total. The Balaban J connectivity index is 1.31. The summed E-state index contributed by atoms with van der Waals surface area (Å²) in [5.41, 5.74) is 1.88. The van der Waals surface area contributed by atoms with Crippen LogP contribution < -0.4 is 20.8 Å². The highest BCUT2D eigenvalue weighted by molar-refractivity contribution is 5.95. The molecule has 0 aliphatic heterocycles. The minimum atomic E-state index is -1.27. The van der Waals surface area contributed by atoms with Crippen LogP contribution in [0.15, 0.2) is 42.5 Å². The van der Waals surface area contributed by atoms with E-state index in [2.05, 4.69) is 10.6 Å². The monoisotopic (exact) mass is 463 g/mol. The fraction of sp³-hybridized carbons (Fsp3) is 0.400. The van der Waals surface area contributed by atoms with E-state index in [0.717, 1.165) is 42.4 Å². The van der Waals surface area contributed by atoms with Crippen molar-refractivity contribution in [2.45, 2.75) is 38.6 Å². The van der Waals surface area contributed by atoms with E-state index in [-0.39, 0.29) is 17.6 Å². The SMILES string of the molecule is Cc1ccc(C(=O)NCC2CCC(Nc3nc(N(C)C)c4ccccc4n3)CC2)cc1[NH+]([O-])[O-]. The molecule has 1 aliphatic carbocycles. The highest BCUT2D eigenvalue weighted by atomic mass is 16.8. The second kappa shape index (κ2) is 10.3. The van der Waals surface area contributed by atoms with Crippen LogP contribution in [-0.4, -0.2) is 42.6 Å². The van der Waals surface area contributed by atoms with Gasteiger partial charge in [-0.15, -0.1) is 0 Å². The molecule has 3 aromatic rings. The van der Waals surface area contributed by atoms with Crippen molar-refractivity contribution in [2.24, 2.45) is 5.92 Å². The standard InChI is InChI=1S/C25H31N6O3/c1-16-8-11-18(14-22(16)31(33)34)24(32)26-15-17-9-12-19(13-10-17)27-25-28-21-7-5-4-6-20(21)23(29-25)30(2)3/h4-8,11,14,17,19,31H,9-10,12-13,15H2,1-3H3,(H,26,32)(H,27,28,29)/q-1. The topological polar surface area (TPSA) is 121 Å². The Bertz CT molecular complexity index is 1160. The molecular weight excluding hydrogens is 432 g/mol. The fourth-order valence-corrected chi connectivity index (χ4v) is 4.48. The molecular formula is C25H31N6O3-. The molecule has 1 aromatic heterocycles. The number of carbonyl (C=O) groups is 1. The number of anilines is 2. The molecule has 0 spiro atoms. The number of carbonyl (C=O) groups excluding carboxylic acids is 1. The van der Waals surface area contributed by atoms with Gasteiger partial charge in [0.15, 0.2) is 0 Å². The number of aryl methyl sites for hydroxylation is 1. The Hall–Kier alpha value is -3.27. The van der Waals surface area contributed by atoms with E-state index in [4.69, 9.17) is 9.97 Å². The highest BCUT2D eigenvalue weighted by Crippen LogP contribution is 2.28. The third-order valence-electron chi connectivity index (χ3n) is 6.46. The van der Waals surface area contributed by atoms with Gasteiger partial charge in [0, 0.05) is 49.3 Å². The van der Waals surface area contributed by atoms with Gasteiger partial charge in [0.2, 0.25) is 5.95 Å². The van der Waals surface area contributed by atoms with Gasteiger partial charge in [-0.1, -0.05) is 18.2 Å². The van der Waals surface area contributed by atoms with Crippen molar-refractivity contribution in [3.8, 4) is 0 Å². The van der Waals surface area contributed by atoms with Crippen molar-refractivity contribution < 1.29 is 10.0 Å². The first kappa shape index (κ1) is 23.9. The largest absolute Gasteiger partial charge is 0.628 e. The molecule has 0 radical (unpaired) electrons. The number of fused-ring (bicyclic) bond motifs is 1. The molecule has 1 amide bonds. The summed E-state index contributed by atoms with van der Waals surface area (Å²) in [7, 11) is 3.96. The average molecular weight is 464 g/mol. The van der Waals surface area contributed by atoms with Crippen LogP contribution >= 0.6 is 0 Å². The zero-order valence-corrected chi connectivity index (χ0v) is 19.8. The summed E-state index contributed by atoms with van der Waals surface area (Å²) in [5, 5.41) is 28.7. The summed E-state index contributed by atoms with van der Waals surface area (Å²) in [4.78, 5) is 23.9. The first-order valence-corrected chi connectivity index (χ1v) is 11.6. The van der Waals surface area contributed by atoms with E-state index >= 15 is 0 Å². The summed E-state index contributed by atoms with van der Waals surface area (Å²) in [6.45, 7) is 2.25. The first-order chi connectivity index (χ1) is 16.3. The predicted octanol–water partition coefficient (Wildman–Crippen LogP) is 2.92. The summed E-state index contributed by atoms with van der Waals surface area (Å²) in [5.74, 6) is 1.65. The van der Waals surface area contributed by atoms with Gasteiger partial charge in [-0.2, -0.15) is 4.98 Å². The minimum absolute atomic E-state index is 0.0487. The maximum Gasteiger partial charge on any atom is 0.251 e. The summed E-state index contributed by atoms with van der Waals surface area (Å²) in [6, 6.07) is 12.9. The van der Waals surface area contributed by atoms with E-state index in [9.17, 15) is 15.2 Å².